The predicted molar refractivity (Wildman–Crippen MR) is 192 cm³/mol. The van der Waals surface area contributed by atoms with Gasteiger partial charge in [0.2, 0.25) is 0 Å². The minimum absolute atomic E-state index is 0.00213. The molecule has 0 atom stereocenters. The van der Waals surface area contributed by atoms with E-state index in [0.717, 1.165) is 0 Å². The van der Waals surface area contributed by atoms with E-state index < -0.39 is 17.9 Å². The van der Waals surface area contributed by atoms with Crippen molar-refractivity contribution in [3.05, 3.63) is 75.4 Å². The first-order valence-electron chi connectivity index (χ1n) is 17.4. The van der Waals surface area contributed by atoms with Crippen LogP contribution in [0.3, 0.4) is 0 Å². The smallest absolute Gasteiger partial charge is 0.336 e. The molecule has 0 unspecified atom stereocenters. The summed E-state index contributed by atoms with van der Waals surface area (Å²) in [5.41, 5.74) is 1.41. The van der Waals surface area contributed by atoms with E-state index in [-0.39, 0.29) is 91.8 Å². The molecule has 0 aromatic heterocycles. The number of phenols is 1. The molecule has 0 bridgehead atoms. The number of aromatic carboxylic acids is 1. The van der Waals surface area contributed by atoms with Crippen LogP contribution in [0.1, 0.15) is 49.2 Å². The zero-order valence-corrected chi connectivity index (χ0v) is 30.4. The molecule has 0 saturated heterocycles. The Morgan fingerprint density at radius 1 is 0.698 bits per heavy atom. The number of fused-ring (bicyclic) bond motifs is 2. The van der Waals surface area contributed by atoms with Crippen molar-refractivity contribution in [1.29, 1.82) is 0 Å². The summed E-state index contributed by atoms with van der Waals surface area (Å²) >= 11 is 0. The van der Waals surface area contributed by atoms with Crippen molar-refractivity contribution >= 4 is 28.9 Å². The monoisotopic (exact) mass is 738 g/mol. The lowest BCUT2D eigenvalue weighted by molar-refractivity contribution is -0.298. The van der Waals surface area contributed by atoms with Gasteiger partial charge < -0.3 is 24.1 Å². The average Bonchev–Trinajstić information content (AvgIpc) is 3.13. The Bertz CT molecular complexity index is 1840. The summed E-state index contributed by atoms with van der Waals surface area (Å²) in [6, 6.07) is 12.5. The lowest BCUT2D eigenvalue weighted by atomic mass is 9.88. The summed E-state index contributed by atoms with van der Waals surface area (Å²) in [5, 5.41) is 22.0. The number of rotatable bonds is 22. The number of carboxylic acids is 1. The highest BCUT2D eigenvalue weighted by molar-refractivity contribution is 6.08. The van der Waals surface area contributed by atoms with Crippen LogP contribution in [0.15, 0.2) is 57.7 Å². The summed E-state index contributed by atoms with van der Waals surface area (Å²) in [4.78, 5) is 75.4. The van der Waals surface area contributed by atoms with Crippen LogP contribution in [0.5, 0.6) is 5.75 Å². The van der Waals surface area contributed by atoms with E-state index in [9.17, 15) is 29.4 Å². The Morgan fingerprint density at radius 2 is 1.30 bits per heavy atom. The molecule has 0 radical (unpaired) electrons. The molecule has 0 saturated carbocycles. The third-order valence-corrected chi connectivity index (χ3v) is 8.09. The van der Waals surface area contributed by atoms with E-state index >= 15 is 0 Å². The van der Waals surface area contributed by atoms with Crippen molar-refractivity contribution in [2.75, 3.05) is 65.8 Å². The first-order chi connectivity index (χ1) is 25.6. The molecule has 1 aliphatic carbocycles. The molecule has 53 heavy (non-hydrogen) atoms. The van der Waals surface area contributed by atoms with Crippen LogP contribution in [0.25, 0.3) is 33.4 Å². The lowest BCUT2D eigenvalue weighted by Gasteiger charge is -2.25. The molecule has 1 heterocycles. The minimum Gasteiger partial charge on any atom is -0.507 e. The molecule has 2 N–H and O–H groups in total. The number of hydrogen-bond donors (Lipinski definition) is 2. The van der Waals surface area contributed by atoms with Gasteiger partial charge in [-0.3, -0.25) is 24.2 Å². The van der Waals surface area contributed by atoms with Gasteiger partial charge in [-0.25, -0.2) is 24.3 Å². The van der Waals surface area contributed by atoms with E-state index in [2.05, 4.69) is 0 Å². The number of ether oxygens (including phenoxy) is 2. The first-order valence-corrected chi connectivity index (χ1v) is 17.4. The number of nitrogens with zero attached hydrogens (tertiary/aromatic N) is 2. The second-order valence-corrected chi connectivity index (χ2v) is 11.7. The highest BCUT2D eigenvalue weighted by Crippen LogP contribution is 2.45. The number of aromatic hydroxyl groups is 1. The second kappa shape index (κ2) is 20.4. The Kier molecular flexibility index (Phi) is 15.7. The number of carbonyl (C=O) groups excluding carboxylic acids is 2. The number of hydrogen-bond acceptors (Lipinski definition) is 14. The van der Waals surface area contributed by atoms with Crippen molar-refractivity contribution < 1.29 is 58.0 Å². The quantitative estimate of drug-likeness (QED) is 0.0374. The van der Waals surface area contributed by atoms with Gasteiger partial charge >= 0.3 is 17.9 Å². The van der Waals surface area contributed by atoms with Gasteiger partial charge in [-0.1, -0.05) is 18.2 Å². The van der Waals surface area contributed by atoms with Crippen molar-refractivity contribution in [3.8, 4) is 28.2 Å². The van der Waals surface area contributed by atoms with Crippen LogP contribution in [0, 0.1) is 0 Å². The summed E-state index contributed by atoms with van der Waals surface area (Å²) in [5.74, 6) is -2.45. The van der Waals surface area contributed by atoms with Crippen molar-refractivity contribution in [1.82, 2.24) is 9.80 Å². The third kappa shape index (κ3) is 10.8. The topological polar surface area (TPSA) is 184 Å². The average molecular weight is 739 g/mol. The van der Waals surface area contributed by atoms with Gasteiger partial charge in [-0.15, -0.1) is 0 Å². The maximum Gasteiger partial charge on any atom is 0.336 e. The number of benzene rings is 3. The maximum absolute atomic E-state index is 13.7. The van der Waals surface area contributed by atoms with Crippen LogP contribution in [0.2, 0.25) is 0 Å². The van der Waals surface area contributed by atoms with Crippen LogP contribution in [0.4, 0.5) is 0 Å². The van der Waals surface area contributed by atoms with Gasteiger partial charge in [0.25, 0.3) is 0 Å². The number of carbonyl (C=O) groups is 3. The summed E-state index contributed by atoms with van der Waals surface area (Å²) in [6.45, 7) is 8.08. The van der Waals surface area contributed by atoms with Crippen LogP contribution in [-0.4, -0.2) is 104 Å². The van der Waals surface area contributed by atoms with Gasteiger partial charge in [0.05, 0.1) is 69.4 Å². The van der Waals surface area contributed by atoms with Crippen LogP contribution >= 0.6 is 0 Å². The molecule has 15 nitrogen and oxygen atoms in total. The normalized spacial score (nSPS) is 11.5. The molecule has 2 aliphatic rings. The number of carboxylic acid groups (broad SMARTS) is 1. The van der Waals surface area contributed by atoms with Gasteiger partial charge in [0.15, 0.2) is 5.43 Å². The fourth-order valence-electron chi connectivity index (χ4n) is 5.86. The predicted octanol–water partition coefficient (Wildman–Crippen LogP) is 4.64. The fourth-order valence-corrected chi connectivity index (χ4v) is 5.86. The SMILES string of the molecule is CCOOCCN(CCOOCC)Cc1c2oc3c(CN(CC(=O)OCC)CC(=O)OCC)c(O)ccc3c(-c3ccccc3C(=O)O)c-2ccc1=O. The summed E-state index contributed by atoms with van der Waals surface area (Å²) < 4.78 is 16.9. The molecule has 0 spiro atoms. The van der Waals surface area contributed by atoms with Gasteiger partial charge in [0, 0.05) is 42.7 Å². The van der Waals surface area contributed by atoms with Crippen LogP contribution < -0.4 is 5.43 Å². The Labute approximate surface area is 306 Å². The van der Waals surface area contributed by atoms with E-state index in [1.165, 1.54) is 23.1 Å². The zero-order valence-electron chi connectivity index (χ0n) is 30.4. The minimum atomic E-state index is -1.17. The Balaban J connectivity index is 1.97. The molecular formula is C38H46N2O13. The molecule has 1 aliphatic heterocycles. The highest BCUT2D eigenvalue weighted by Gasteiger charge is 2.28. The van der Waals surface area contributed by atoms with Gasteiger partial charge in [-0.05, 0) is 63.6 Å². The third-order valence-electron chi connectivity index (χ3n) is 8.09. The summed E-state index contributed by atoms with van der Waals surface area (Å²) in [6.07, 6.45) is 0. The number of esters is 2. The standard InChI is InChI=1S/C38H46N2O13/c1-5-47-33(43)23-40(24-34(44)48-6-2)22-30-32(42)16-14-28-35(25-11-9-10-12-26(25)38(45)46)27-13-15-31(41)29(36(27)53-37(28)30)21-39(17-19-51-49-7-3)18-20-52-50-8-4/h9-16,42H,5-8,17-24H2,1-4H3,(H,45,46). The molecule has 0 amide bonds. The van der Waals surface area contributed by atoms with Crippen molar-refractivity contribution in [2.45, 2.75) is 40.8 Å². The zero-order chi connectivity index (χ0) is 38.3. The molecule has 4 rings (SSSR count). The molecule has 0 fully saturated rings. The van der Waals surface area contributed by atoms with E-state index in [0.29, 0.717) is 48.4 Å². The Hall–Kier alpha value is -4.90. The molecule has 2 aromatic rings. The van der Waals surface area contributed by atoms with Crippen molar-refractivity contribution in [3.63, 3.8) is 0 Å². The second-order valence-electron chi connectivity index (χ2n) is 11.7. The maximum atomic E-state index is 13.7. The van der Waals surface area contributed by atoms with Gasteiger partial charge in [-0.2, -0.15) is 0 Å². The fraction of sp³-hybridized carbons (Fsp3) is 0.421. The molecule has 15 heteroatoms. The molecule has 286 valence electrons. The molecule has 2 aromatic carbocycles. The largest absolute Gasteiger partial charge is 0.507 e. The Morgan fingerprint density at radius 3 is 1.89 bits per heavy atom. The lowest BCUT2D eigenvalue weighted by Crippen LogP contribution is -2.35. The van der Waals surface area contributed by atoms with E-state index in [4.69, 9.17) is 33.4 Å². The highest BCUT2D eigenvalue weighted by atomic mass is 17.2. The van der Waals surface area contributed by atoms with E-state index in [1.807, 2.05) is 4.90 Å². The first kappa shape index (κ1) is 40.9. The van der Waals surface area contributed by atoms with Crippen molar-refractivity contribution in [2.24, 2.45) is 0 Å². The molecular weight excluding hydrogens is 692 g/mol. The number of phenolic OH excluding ortho intramolecular Hbond substituents is 1. The van der Waals surface area contributed by atoms with Gasteiger partial charge in [0.1, 0.15) is 17.1 Å². The summed E-state index contributed by atoms with van der Waals surface area (Å²) in [7, 11) is 0. The van der Waals surface area contributed by atoms with E-state index in [1.54, 1.807) is 58.0 Å². The van der Waals surface area contributed by atoms with Crippen LogP contribution in [-0.2, 0) is 51.7 Å².